The van der Waals surface area contributed by atoms with Crippen LogP contribution in [0.1, 0.15) is 12.5 Å². The summed E-state index contributed by atoms with van der Waals surface area (Å²) in [5.41, 5.74) is 7.85. The summed E-state index contributed by atoms with van der Waals surface area (Å²) in [6.07, 6.45) is 1.83. The number of aromatic hydroxyl groups is 1. The number of amides is 1. The molecule has 1 aromatic carbocycles. The van der Waals surface area contributed by atoms with Crippen LogP contribution in [0.4, 0.5) is 0 Å². The molecule has 2 rings (SSSR count). The predicted octanol–water partition coefficient (Wildman–Crippen LogP) is 1.87. The van der Waals surface area contributed by atoms with Gasteiger partial charge in [-0.3, -0.25) is 4.79 Å². The van der Waals surface area contributed by atoms with Gasteiger partial charge in [0.15, 0.2) is 0 Å². The number of hydrogen-bond acceptors (Lipinski definition) is 2. The van der Waals surface area contributed by atoms with Gasteiger partial charge in [0.2, 0.25) is 5.91 Å². The topological polar surface area (TPSA) is 68.2 Å². The lowest BCUT2D eigenvalue weighted by atomic mass is 10.1. The zero-order valence-electron chi connectivity index (χ0n) is 9.60. The molecule has 4 heteroatoms. The maximum Gasteiger partial charge on any atom is 0.237 e. The number of aromatic nitrogens is 1. The van der Waals surface area contributed by atoms with Crippen molar-refractivity contribution in [3.63, 3.8) is 0 Å². The fourth-order valence-electron chi connectivity index (χ4n) is 1.92. The van der Waals surface area contributed by atoms with Crippen molar-refractivity contribution in [3.8, 4) is 5.75 Å². The number of carbonyl (C=O) groups is 1. The monoisotopic (exact) mass is 230 g/mol. The lowest BCUT2D eigenvalue weighted by Gasteiger charge is -2.01. The average Bonchev–Trinajstić information content (AvgIpc) is 2.55. The normalized spacial score (nSPS) is 10.6. The van der Waals surface area contributed by atoms with Crippen molar-refractivity contribution >= 4 is 22.4 Å². The van der Waals surface area contributed by atoms with Crippen LogP contribution in [0.25, 0.3) is 16.5 Å². The van der Waals surface area contributed by atoms with Crippen molar-refractivity contribution in [3.05, 3.63) is 36.5 Å². The lowest BCUT2D eigenvalue weighted by molar-refractivity contribution is -0.118. The standard InChI is InChI=1S/C13H14N2O2/c1-8(2)11-6-15(7-13(14)17)12-4-3-9(16)5-10(11)12/h3-6,16H,1,7H2,2H3,(H2,14,17). The highest BCUT2D eigenvalue weighted by molar-refractivity contribution is 5.94. The summed E-state index contributed by atoms with van der Waals surface area (Å²) in [6, 6.07) is 5.01. The fourth-order valence-corrected chi connectivity index (χ4v) is 1.92. The van der Waals surface area contributed by atoms with Crippen LogP contribution in [0.15, 0.2) is 31.0 Å². The average molecular weight is 230 g/mol. The van der Waals surface area contributed by atoms with E-state index in [1.54, 1.807) is 22.8 Å². The van der Waals surface area contributed by atoms with Crippen LogP contribution in [-0.4, -0.2) is 15.6 Å². The van der Waals surface area contributed by atoms with Crippen LogP contribution < -0.4 is 5.73 Å². The molecule has 0 aliphatic carbocycles. The predicted molar refractivity (Wildman–Crippen MR) is 67.5 cm³/mol. The third kappa shape index (κ3) is 2.01. The molecule has 0 saturated carbocycles. The molecule has 0 atom stereocenters. The Bertz CT molecular complexity index is 611. The maximum atomic E-state index is 11.0. The number of rotatable bonds is 3. The van der Waals surface area contributed by atoms with Crippen LogP contribution in [0.2, 0.25) is 0 Å². The van der Waals surface area contributed by atoms with Crippen molar-refractivity contribution < 1.29 is 9.90 Å². The van der Waals surface area contributed by atoms with Crippen molar-refractivity contribution in [2.45, 2.75) is 13.5 Å². The summed E-state index contributed by atoms with van der Waals surface area (Å²) >= 11 is 0. The fraction of sp³-hybridized carbons (Fsp3) is 0.154. The highest BCUT2D eigenvalue weighted by Crippen LogP contribution is 2.29. The summed E-state index contributed by atoms with van der Waals surface area (Å²) in [4.78, 5) is 11.0. The molecule has 2 aromatic rings. The van der Waals surface area contributed by atoms with E-state index in [0.717, 1.165) is 22.0 Å². The molecule has 1 aromatic heterocycles. The number of primary amides is 1. The Balaban J connectivity index is 2.70. The second kappa shape index (κ2) is 3.97. The molecule has 0 aliphatic rings. The van der Waals surface area contributed by atoms with Gasteiger partial charge in [0.1, 0.15) is 12.3 Å². The SMILES string of the molecule is C=C(C)c1cn(CC(N)=O)c2ccc(O)cc12. The summed E-state index contributed by atoms with van der Waals surface area (Å²) in [5, 5.41) is 10.4. The van der Waals surface area contributed by atoms with E-state index in [4.69, 9.17) is 5.73 Å². The first kappa shape index (κ1) is 11.3. The Morgan fingerprint density at radius 3 is 2.82 bits per heavy atom. The van der Waals surface area contributed by atoms with Gasteiger partial charge in [-0.25, -0.2) is 0 Å². The molecule has 0 spiro atoms. The third-order valence-corrected chi connectivity index (χ3v) is 2.65. The molecule has 0 bridgehead atoms. The number of hydrogen-bond donors (Lipinski definition) is 2. The highest BCUT2D eigenvalue weighted by atomic mass is 16.3. The van der Waals surface area contributed by atoms with E-state index in [-0.39, 0.29) is 12.3 Å². The molecule has 1 amide bonds. The molecule has 0 fully saturated rings. The molecule has 3 N–H and O–H groups in total. The summed E-state index contributed by atoms with van der Waals surface area (Å²) < 4.78 is 1.76. The second-order valence-electron chi connectivity index (χ2n) is 4.12. The van der Waals surface area contributed by atoms with Gasteiger partial charge in [0.25, 0.3) is 0 Å². The largest absolute Gasteiger partial charge is 0.508 e. The van der Waals surface area contributed by atoms with Gasteiger partial charge in [0.05, 0.1) is 0 Å². The minimum absolute atomic E-state index is 0.120. The van der Waals surface area contributed by atoms with Crippen LogP contribution in [0.3, 0.4) is 0 Å². The van der Waals surface area contributed by atoms with E-state index in [1.807, 2.05) is 13.1 Å². The van der Waals surface area contributed by atoms with Crippen LogP contribution in [-0.2, 0) is 11.3 Å². The first-order chi connectivity index (χ1) is 7.99. The lowest BCUT2D eigenvalue weighted by Crippen LogP contribution is -2.17. The van der Waals surface area contributed by atoms with Crippen LogP contribution >= 0.6 is 0 Å². The van der Waals surface area contributed by atoms with Gasteiger partial charge in [-0.1, -0.05) is 6.58 Å². The molecule has 17 heavy (non-hydrogen) atoms. The number of fused-ring (bicyclic) bond motifs is 1. The number of nitrogens with zero attached hydrogens (tertiary/aromatic N) is 1. The Labute approximate surface area is 99.0 Å². The van der Waals surface area contributed by atoms with Gasteiger partial charge in [-0.15, -0.1) is 0 Å². The van der Waals surface area contributed by atoms with E-state index >= 15 is 0 Å². The van der Waals surface area contributed by atoms with Gasteiger partial charge in [-0.2, -0.15) is 0 Å². The van der Waals surface area contributed by atoms with Crippen molar-refractivity contribution in [1.29, 1.82) is 0 Å². The number of nitrogens with two attached hydrogens (primary N) is 1. The van der Waals surface area contributed by atoms with E-state index in [9.17, 15) is 9.90 Å². The molecule has 0 radical (unpaired) electrons. The first-order valence-electron chi connectivity index (χ1n) is 5.25. The molecular weight excluding hydrogens is 216 g/mol. The molecule has 0 aliphatic heterocycles. The second-order valence-corrected chi connectivity index (χ2v) is 4.12. The minimum Gasteiger partial charge on any atom is -0.508 e. The van der Waals surface area contributed by atoms with Gasteiger partial charge >= 0.3 is 0 Å². The molecular formula is C13H14N2O2. The number of benzene rings is 1. The summed E-state index contributed by atoms with van der Waals surface area (Å²) in [5.74, 6) is -0.208. The van der Waals surface area contributed by atoms with E-state index in [1.165, 1.54) is 0 Å². The van der Waals surface area contributed by atoms with Crippen molar-refractivity contribution in [2.24, 2.45) is 5.73 Å². The maximum absolute atomic E-state index is 11.0. The third-order valence-electron chi connectivity index (χ3n) is 2.65. The Morgan fingerprint density at radius 2 is 2.24 bits per heavy atom. The van der Waals surface area contributed by atoms with E-state index in [0.29, 0.717) is 0 Å². The minimum atomic E-state index is -0.400. The van der Waals surface area contributed by atoms with Crippen molar-refractivity contribution in [1.82, 2.24) is 4.57 Å². The van der Waals surface area contributed by atoms with E-state index in [2.05, 4.69) is 6.58 Å². The quantitative estimate of drug-likeness (QED) is 0.845. The number of carbonyl (C=O) groups excluding carboxylic acids is 1. The molecule has 88 valence electrons. The molecule has 1 heterocycles. The van der Waals surface area contributed by atoms with Crippen molar-refractivity contribution in [2.75, 3.05) is 0 Å². The van der Waals surface area contributed by atoms with Crippen LogP contribution in [0, 0.1) is 0 Å². The first-order valence-corrected chi connectivity index (χ1v) is 5.25. The van der Waals surface area contributed by atoms with Gasteiger partial charge < -0.3 is 15.4 Å². The Hall–Kier alpha value is -2.23. The smallest absolute Gasteiger partial charge is 0.237 e. The Morgan fingerprint density at radius 1 is 1.53 bits per heavy atom. The van der Waals surface area contributed by atoms with Gasteiger partial charge in [-0.05, 0) is 30.7 Å². The molecule has 4 nitrogen and oxygen atoms in total. The number of phenols is 1. The molecule has 0 saturated heterocycles. The highest BCUT2D eigenvalue weighted by Gasteiger charge is 2.10. The zero-order valence-corrected chi connectivity index (χ0v) is 9.60. The number of phenolic OH excluding ortho intramolecular Hbond substituents is 1. The zero-order chi connectivity index (χ0) is 12.6. The van der Waals surface area contributed by atoms with Crippen LogP contribution in [0.5, 0.6) is 5.75 Å². The van der Waals surface area contributed by atoms with Gasteiger partial charge in [0, 0.05) is 22.7 Å². The molecule has 0 unspecified atom stereocenters. The summed E-state index contributed by atoms with van der Waals surface area (Å²) in [7, 11) is 0. The summed E-state index contributed by atoms with van der Waals surface area (Å²) in [6.45, 7) is 5.89. The number of allylic oxidation sites excluding steroid dienone is 1. The van der Waals surface area contributed by atoms with E-state index < -0.39 is 5.91 Å². The Kier molecular flexibility index (Phi) is 2.63.